The number of hydrogen-bond acceptors (Lipinski definition) is 4. The van der Waals surface area contributed by atoms with Crippen LogP contribution in [0.15, 0.2) is 78.9 Å². The average Bonchev–Trinajstić information content (AvgIpc) is 2.91. The normalized spacial score (nSPS) is 18.5. The topological polar surface area (TPSA) is 69.7 Å². The second kappa shape index (κ2) is 9.14. The average molecular weight is 504 g/mol. The van der Waals surface area contributed by atoms with Crippen molar-refractivity contribution in [3.8, 4) is 0 Å². The zero-order chi connectivity index (χ0) is 26.6. The first-order valence-electron chi connectivity index (χ1n) is 13.0. The molecule has 0 bridgehead atoms. The number of carbonyl (C=O) groups excluding carboxylic acids is 3. The van der Waals surface area contributed by atoms with Gasteiger partial charge in [0.25, 0.3) is 11.8 Å². The fourth-order valence-corrected chi connectivity index (χ4v) is 5.79. The summed E-state index contributed by atoms with van der Waals surface area (Å²) in [5.41, 5.74) is 6.07. The van der Waals surface area contributed by atoms with Crippen LogP contribution in [-0.4, -0.2) is 35.2 Å². The summed E-state index contributed by atoms with van der Waals surface area (Å²) in [5.74, 6) is -1.13. The van der Waals surface area contributed by atoms with Gasteiger partial charge < -0.3 is 10.2 Å². The second-order valence-corrected chi connectivity index (χ2v) is 10.4. The molecule has 0 saturated carbocycles. The van der Waals surface area contributed by atoms with Gasteiger partial charge in [0.15, 0.2) is 0 Å². The Bertz CT molecular complexity index is 1560. The highest BCUT2D eigenvalue weighted by Gasteiger charge is 2.38. The maximum atomic E-state index is 13.8. The van der Waals surface area contributed by atoms with Crippen LogP contribution in [0, 0.1) is 13.8 Å². The lowest BCUT2D eigenvalue weighted by Crippen LogP contribution is -2.51. The maximum Gasteiger partial charge on any atom is 0.261 e. The Labute approximate surface area is 221 Å². The molecule has 3 amide bonds. The lowest BCUT2D eigenvalue weighted by Gasteiger charge is -2.41. The third-order valence-electron chi connectivity index (χ3n) is 7.65. The summed E-state index contributed by atoms with van der Waals surface area (Å²) in [6, 6.07) is 25.1. The molecule has 0 aliphatic carbocycles. The molecule has 0 unspecified atom stereocenters. The molecule has 2 heterocycles. The van der Waals surface area contributed by atoms with Crippen molar-refractivity contribution < 1.29 is 14.4 Å². The quantitative estimate of drug-likeness (QED) is 0.345. The van der Waals surface area contributed by atoms with Crippen LogP contribution in [0.25, 0.3) is 10.8 Å². The van der Waals surface area contributed by atoms with Gasteiger partial charge in [-0.2, -0.15) is 0 Å². The first-order valence-corrected chi connectivity index (χ1v) is 13.0. The number of imide groups is 1. The number of amides is 3. The third kappa shape index (κ3) is 3.93. The molecule has 4 aromatic carbocycles. The lowest BCUT2D eigenvalue weighted by molar-refractivity contribution is -0.119. The summed E-state index contributed by atoms with van der Waals surface area (Å²) < 4.78 is 0. The fraction of sp³-hybridized carbons (Fsp3) is 0.219. The van der Waals surface area contributed by atoms with Gasteiger partial charge in [-0.1, -0.05) is 59.7 Å². The SMILES string of the molecule is Cc1ccc(N[C@H]2C[C@H](C)N(C(=O)CN3C(=O)c4cccc5cccc(c45)C3=O)c3ccc(C)cc32)cc1. The van der Waals surface area contributed by atoms with Crippen molar-refractivity contribution in [2.45, 2.75) is 39.3 Å². The Morgan fingerprint density at radius 1 is 0.868 bits per heavy atom. The molecule has 38 heavy (non-hydrogen) atoms. The molecule has 6 nitrogen and oxygen atoms in total. The molecule has 0 aromatic heterocycles. The Balaban J connectivity index is 1.31. The molecule has 0 saturated heterocycles. The van der Waals surface area contributed by atoms with Crippen LogP contribution in [-0.2, 0) is 4.79 Å². The predicted octanol–water partition coefficient (Wildman–Crippen LogP) is 6.03. The van der Waals surface area contributed by atoms with Crippen LogP contribution < -0.4 is 10.2 Å². The summed E-state index contributed by atoms with van der Waals surface area (Å²) in [6.45, 7) is 5.80. The van der Waals surface area contributed by atoms with Gasteiger partial charge in [0.1, 0.15) is 6.54 Å². The second-order valence-electron chi connectivity index (χ2n) is 10.4. The Kier molecular flexibility index (Phi) is 5.75. The molecule has 2 aliphatic heterocycles. The number of hydrogen-bond donors (Lipinski definition) is 1. The number of anilines is 2. The molecule has 0 radical (unpaired) electrons. The van der Waals surface area contributed by atoms with Gasteiger partial charge in [-0.25, -0.2) is 0 Å². The van der Waals surface area contributed by atoms with E-state index in [0.717, 1.165) is 32.8 Å². The molecule has 6 heteroatoms. The molecule has 0 fully saturated rings. The van der Waals surface area contributed by atoms with Gasteiger partial charge in [0.05, 0.1) is 6.04 Å². The number of nitrogens with one attached hydrogen (secondary N) is 1. The third-order valence-corrected chi connectivity index (χ3v) is 7.65. The van der Waals surface area contributed by atoms with Crippen LogP contribution in [0.2, 0.25) is 0 Å². The summed E-state index contributed by atoms with van der Waals surface area (Å²) >= 11 is 0. The highest BCUT2D eigenvalue weighted by Crippen LogP contribution is 2.40. The number of fused-ring (bicyclic) bond motifs is 1. The van der Waals surface area contributed by atoms with Crippen molar-refractivity contribution >= 4 is 39.9 Å². The van der Waals surface area contributed by atoms with E-state index in [-0.39, 0.29) is 24.5 Å². The van der Waals surface area contributed by atoms with Crippen LogP contribution in [0.3, 0.4) is 0 Å². The molecule has 2 aliphatic rings. The lowest BCUT2D eigenvalue weighted by atomic mass is 9.90. The number of rotatable bonds is 4. The van der Waals surface area contributed by atoms with Gasteiger partial charge in [-0.15, -0.1) is 0 Å². The maximum absolute atomic E-state index is 13.8. The molecule has 0 spiro atoms. The first-order chi connectivity index (χ1) is 18.3. The number of benzene rings is 4. The minimum absolute atomic E-state index is 0.0226. The van der Waals surface area contributed by atoms with Gasteiger partial charge in [0.2, 0.25) is 5.91 Å². The van der Waals surface area contributed by atoms with Crippen LogP contribution in [0.4, 0.5) is 11.4 Å². The summed E-state index contributed by atoms with van der Waals surface area (Å²) in [7, 11) is 0. The molecule has 190 valence electrons. The van der Waals surface area contributed by atoms with Crippen molar-refractivity contribution in [2.75, 3.05) is 16.8 Å². The van der Waals surface area contributed by atoms with Crippen molar-refractivity contribution in [2.24, 2.45) is 0 Å². The van der Waals surface area contributed by atoms with E-state index in [4.69, 9.17) is 0 Å². The van der Waals surface area contributed by atoms with Gasteiger partial charge >= 0.3 is 0 Å². The fourth-order valence-electron chi connectivity index (χ4n) is 5.79. The van der Waals surface area contributed by atoms with E-state index in [9.17, 15) is 14.4 Å². The minimum Gasteiger partial charge on any atom is -0.378 e. The largest absolute Gasteiger partial charge is 0.378 e. The highest BCUT2D eigenvalue weighted by molar-refractivity contribution is 6.26. The van der Waals surface area contributed by atoms with E-state index in [1.165, 1.54) is 5.56 Å². The van der Waals surface area contributed by atoms with E-state index in [1.54, 1.807) is 17.0 Å². The van der Waals surface area contributed by atoms with E-state index < -0.39 is 11.8 Å². The van der Waals surface area contributed by atoms with Gasteiger partial charge in [0, 0.05) is 33.9 Å². The monoisotopic (exact) mass is 503 g/mol. The molecular weight excluding hydrogens is 474 g/mol. The van der Waals surface area contributed by atoms with Crippen molar-refractivity contribution in [3.63, 3.8) is 0 Å². The standard InChI is InChI=1S/C32H29N3O3/c1-19-10-13-23(14-11-19)33-27-17-21(3)35(28-15-12-20(2)16-26(27)28)29(36)18-34-31(37)24-8-4-6-22-7-5-9-25(30(22)24)32(34)38/h4-16,21,27,33H,17-18H2,1-3H3/t21-,27-/m0/s1. The number of nitrogens with zero attached hydrogens (tertiary/aromatic N) is 2. The molecule has 1 N–H and O–H groups in total. The Morgan fingerprint density at radius 3 is 2.16 bits per heavy atom. The Hall–Kier alpha value is -4.45. The predicted molar refractivity (Wildman–Crippen MR) is 150 cm³/mol. The molecular formula is C32H29N3O3. The van der Waals surface area contributed by atoms with Gasteiger partial charge in [-0.3, -0.25) is 19.3 Å². The number of aryl methyl sites for hydroxylation is 2. The molecule has 4 aromatic rings. The zero-order valence-electron chi connectivity index (χ0n) is 21.7. The number of carbonyl (C=O) groups is 3. The van der Waals surface area contributed by atoms with E-state index >= 15 is 0 Å². The van der Waals surface area contributed by atoms with E-state index in [1.807, 2.05) is 50.2 Å². The van der Waals surface area contributed by atoms with Crippen molar-refractivity contribution in [1.29, 1.82) is 0 Å². The summed E-state index contributed by atoms with van der Waals surface area (Å²) in [4.78, 5) is 43.5. The van der Waals surface area contributed by atoms with Gasteiger partial charge in [-0.05, 0) is 68.5 Å². The van der Waals surface area contributed by atoms with Crippen LogP contribution in [0.1, 0.15) is 56.8 Å². The Morgan fingerprint density at radius 2 is 1.50 bits per heavy atom. The first kappa shape index (κ1) is 23.9. The summed E-state index contributed by atoms with van der Waals surface area (Å²) in [6.07, 6.45) is 0.695. The van der Waals surface area contributed by atoms with E-state index in [2.05, 4.69) is 42.6 Å². The zero-order valence-corrected chi connectivity index (χ0v) is 21.7. The minimum atomic E-state index is -0.430. The summed E-state index contributed by atoms with van der Waals surface area (Å²) in [5, 5.41) is 5.14. The van der Waals surface area contributed by atoms with E-state index in [0.29, 0.717) is 22.9 Å². The van der Waals surface area contributed by atoms with Crippen LogP contribution in [0.5, 0.6) is 0 Å². The molecule has 6 rings (SSSR count). The van der Waals surface area contributed by atoms with Crippen molar-refractivity contribution in [1.82, 2.24) is 4.90 Å². The molecule has 2 atom stereocenters. The van der Waals surface area contributed by atoms with Crippen LogP contribution >= 0.6 is 0 Å². The smallest absolute Gasteiger partial charge is 0.261 e. The highest BCUT2D eigenvalue weighted by atomic mass is 16.2. The van der Waals surface area contributed by atoms with Crippen molar-refractivity contribution in [3.05, 3.63) is 107 Å².